The van der Waals surface area contributed by atoms with Gasteiger partial charge in [-0.15, -0.1) is 0 Å². The zero-order valence-corrected chi connectivity index (χ0v) is 12.9. The van der Waals surface area contributed by atoms with Crippen molar-refractivity contribution in [2.24, 2.45) is 0 Å². The van der Waals surface area contributed by atoms with Gasteiger partial charge in [-0.1, -0.05) is 30.3 Å². The number of nitrogens with one attached hydrogen (secondary N) is 1. The van der Waals surface area contributed by atoms with Crippen molar-refractivity contribution >= 4 is 17.4 Å². The van der Waals surface area contributed by atoms with Crippen molar-refractivity contribution < 1.29 is 9.59 Å². The Kier molecular flexibility index (Phi) is 3.80. The molecule has 0 aromatic heterocycles. The molecule has 0 saturated carbocycles. The van der Waals surface area contributed by atoms with E-state index >= 15 is 0 Å². The molecule has 112 valence electrons. The van der Waals surface area contributed by atoms with E-state index in [0.29, 0.717) is 19.3 Å². The standard InChI is InChI=1S/C19H19NO2/c1-12-3-4-14(7-13(12)2)9-17(21)10-15-5-6-18-16(8-15)11-19(22)20-18/h3-8H,9-11H2,1-2H3,(H,20,22). The van der Waals surface area contributed by atoms with Crippen molar-refractivity contribution in [3.8, 4) is 0 Å². The van der Waals surface area contributed by atoms with Crippen LogP contribution in [-0.2, 0) is 28.9 Å². The molecule has 3 rings (SSSR count). The third-order valence-corrected chi connectivity index (χ3v) is 4.17. The molecule has 0 atom stereocenters. The zero-order chi connectivity index (χ0) is 15.7. The van der Waals surface area contributed by atoms with E-state index in [0.717, 1.165) is 22.4 Å². The second-order valence-corrected chi connectivity index (χ2v) is 6.03. The summed E-state index contributed by atoms with van der Waals surface area (Å²) in [7, 11) is 0. The van der Waals surface area contributed by atoms with Gasteiger partial charge >= 0.3 is 0 Å². The quantitative estimate of drug-likeness (QED) is 0.941. The van der Waals surface area contributed by atoms with Gasteiger partial charge in [0.25, 0.3) is 0 Å². The molecule has 2 aromatic carbocycles. The van der Waals surface area contributed by atoms with E-state index in [-0.39, 0.29) is 11.7 Å². The van der Waals surface area contributed by atoms with Crippen molar-refractivity contribution in [2.75, 3.05) is 5.32 Å². The first-order valence-electron chi connectivity index (χ1n) is 7.51. The number of anilines is 1. The predicted molar refractivity (Wildman–Crippen MR) is 87.1 cm³/mol. The summed E-state index contributed by atoms with van der Waals surface area (Å²) in [5.41, 5.74) is 6.35. The van der Waals surface area contributed by atoms with Crippen LogP contribution in [0.1, 0.15) is 27.8 Å². The third kappa shape index (κ3) is 3.08. The summed E-state index contributed by atoms with van der Waals surface area (Å²) in [4.78, 5) is 23.6. The number of amides is 1. The molecule has 1 aliphatic rings. The number of aryl methyl sites for hydroxylation is 2. The number of hydrogen-bond acceptors (Lipinski definition) is 2. The fraction of sp³-hybridized carbons (Fsp3) is 0.263. The minimum Gasteiger partial charge on any atom is -0.326 e. The number of fused-ring (bicyclic) bond motifs is 1. The average Bonchev–Trinajstić information content (AvgIpc) is 2.82. The van der Waals surface area contributed by atoms with E-state index in [9.17, 15) is 9.59 Å². The fourth-order valence-electron chi connectivity index (χ4n) is 2.82. The molecule has 1 N–H and O–H groups in total. The molecule has 1 aliphatic heterocycles. The second-order valence-electron chi connectivity index (χ2n) is 6.03. The van der Waals surface area contributed by atoms with Crippen molar-refractivity contribution in [1.82, 2.24) is 0 Å². The van der Waals surface area contributed by atoms with E-state index in [1.165, 1.54) is 11.1 Å². The molecule has 0 radical (unpaired) electrons. The molecule has 3 nitrogen and oxygen atoms in total. The van der Waals surface area contributed by atoms with Gasteiger partial charge in [0.05, 0.1) is 6.42 Å². The van der Waals surface area contributed by atoms with Crippen molar-refractivity contribution in [1.29, 1.82) is 0 Å². The Morgan fingerprint density at radius 2 is 1.68 bits per heavy atom. The Morgan fingerprint density at radius 1 is 1.00 bits per heavy atom. The van der Waals surface area contributed by atoms with Crippen LogP contribution in [0.5, 0.6) is 0 Å². The van der Waals surface area contributed by atoms with Crippen LogP contribution in [0.2, 0.25) is 0 Å². The van der Waals surface area contributed by atoms with Crippen LogP contribution >= 0.6 is 0 Å². The molecule has 3 heteroatoms. The molecule has 0 spiro atoms. The number of rotatable bonds is 4. The first-order valence-corrected chi connectivity index (χ1v) is 7.51. The molecule has 22 heavy (non-hydrogen) atoms. The minimum atomic E-state index is 0.0219. The van der Waals surface area contributed by atoms with Gasteiger partial charge in [0, 0.05) is 18.5 Å². The highest BCUT2D eigenvalue weighted by Crippen LogP contribution is 2.24. The van der Waals surface area contributed by atoms with Crippen molar-refractivity contribution in [3.63, 3.8) is 0 Å². The van der Waals surface area contributed by atoms with E-state index in [1.54, 1.807) is 0 Å². The lowest BCUT2D eigenvalue weighted by Crippen LogP contribution is -2.07. The molecule has 0 saturated heterocycles. The van der Waals surface area contributed by atoms with E-state index in [1.807, 2.05) is 24.3 Å². The molecule has 1 amide bonds. The number of carbonyl (C=O) groups excluding carboxylic acids is 2. The maximum atomic E-state index is 12.3. The van der Waals surface area contributed by atoms with Crippen LogP contribution in [0.15, 0.2) is 36.4 Å². The van der Waals surface area contributed by atoms with Gasteiger partial charge in [0.1, 0.15) is 5.78 Å². The van der Waals surface area contributed by atoms with Gasteiger partial charge in [0.15, 0.2) is 0 Å². The summed E-state index contributed by atoms with van der Waals surface area (Å²) in [6.07, 6.45) is 1.28. The van der Waals surface area contributed by atoms with Crippen LogP contribution in [0, 0.1) is 13.8 Å². The topological polar surface area (TPSA) is 46.2 Å². The molecule has 0 unspecified atom stereocenters. The van der Waals surface area contributed by atoms with Gasteiger partial charge in [-0.25, -0.2) is 0 Å². The molecular weight excluding hydrogens is 274 g/mol. The lowest BCUT2D eigenvalue weighted by atomic mass is 9.98. The first-order chi connectivity index (χ1) is 10.5. The summed E-state index contributed by atoms with van der Waals surface area (Å²) in [5, 5.41) is 2.81. The normalized spacial score (nSPS) is 12.9. The third-order valence-electron chi connectivity index (χ3n) is 4.17. The Hall–Kier alpha value is -2.42. The van der Waals surface area contributed by atoms with E-state index < -0.39 is 0 Å². The first kappa shape index (κ1) is 14.5. The summed E-state index contributed by atoms with van der Waals surface area (Å²) < 4.78 is 0. The zero-order valence-electron chi connectivity index (χ0n) is 12.9. The van der Waals surface area contributed by atoms with Crippen LogP contribution in [0.3, 0.4) is 0 Å². The Morgan fingerprint density at radius 3 is 2.41 bits per heavy atom. The fourth-order valence-corrected chi connectivity index (χ4v) is 2.82. The highest BCUT2D eigenvalue weighted by molar-refractivity contribution is 5.99. The minimum absolute atomic E-state index is 0.0219. The number of Topliss-reactive ketones (excluding diaryl/α,β-unsaturated/α-hetero) is 1. The van der Waals surface area contributed by atoms with Crippen LogP contribution in [0.4, 0.5) is 5.69 Å². The lowest BCUT2D eigenvalue weighted by Gasteiger charge is -2.06. The Balaban J connectivity index is 1.68. The molecule has 0 bridgehead atoms. The number of hydrogen-bond donors (Lipinski definition) is 1. The van der Waals surface area contributed by atoms with Crippen LogP contribution < -0.4 is 5.32 Å². The SMILES string of the molecule is Cc1ccc(CC(=O)Cc2ccc3c(c2)CC(=O)N3)cc1C. The number of benzene rings is 2. The highest BCUT2D eigenvalue weighted by atomic mass is 16.1. The molecule has 0 fully saturated rings. The van der Waals surface area contributed by atoms with Gasteiger partial charge in [-0.05, 0) is 47.7 Å². The van der Waals surface area contributed by atoms with E-state index in [4.69, 9.17) is 0 Å². The number of carbonyl (C=O) groups is 2. The highest BCUT2D eigenvalue weighted by Gasteiger charge is 2.18. The van der Waals surface area contributed by atoms with Gasteiger partial charge in [-0.3, -0.25) is 9.59 Å². The average molecular weight is 293 g/mol. The van der Waals surface area contributed by atoms with Crippen molar-refractivity contribution in [2.45, 2.75) is 33.1 Å². The summed E-state index contributed by atoms with van der Waals surface area (Å²) in [6.45, 7) is 4.13. The molecule has 1 heterocycles. The molecule has 0 aliphatic carbocycles. The number of ketones is 1. The van der Waals surface area contributed by atoms with Gasteiger partial charge in [0.2, 0.25) is 5.91 Å². The van der Waals surface area contributed by atoms with Gasteiger partial charge in [-0.2, -0.15) is 0 Å². The maximum absolute atomic E-state index is 12.3. The summed E-state index contributed by atoms with van der Waals surface area (Å²) in [6, 6.07) is 11.9. The predicted octanol–water partition coefficient (Wildman–Crippen LogP) is 3.15. The van der Waals surface area contributed by atoms with E-state index in [2.05, 4.69) is 31.3 Å². The van der Waals surface area contributed by atoms with Crippen molar-refractivity contribution in [3.05, 3.63) is 64.2 Å². The monoisotopic (exact) mass is 293 g/mol. The molecule has 2 aromatic rings. The summed E-state index contributed by atoms with van der Waals surface area (Å²) >= 11 is 0. The Bertz CT molecular complexity index is 762. The van der Waals surface area contributed by atoms with Crippen LogP contribution in [0.25, 0.3) is 0 Å². The second kappa shape index (κ2) is 5.76. The van der Waals surface area contributed by atoms with Gasteiger partial charge < -0.3 is 5.32 Å². The van der Waals surface area contributed by atoms with Crippen LogP contribution in [-0.4, -0.2) is 11.7 Å². The summed E-state index contributed by atoms with van der Waals surface area (Å²) in [5.74, 6) is 0.217. The lowest BCUT2D eigenvalue weighted by molar-refractivity contribution is -0.118. The largest absolute Gasteiger partial charge is 0.326 e. The smallest absolute Gasteiger partial charge is 0.228 e. The molecular formula is C19H19NO2. The maximum Gasteiger partial charge on any atom is 0.228 e. The Labute approximate surface area is 130 Å².